The molecule has 2 saturated heterocycles. The number of aryl methyl sites for hydroxylation is 1. The summed E-state index contributed by atoms with van der Waals surface area (Å²) < 4.78 is 9.72. The number of benzene rings is 1. The third-order valence-corrected chi connectivity index (χ3v) is 8.00. The first-order chi connectivity index (χ1) is 19.1. The molecule has 0 saturated carbocycles. The molecule has 4 aromatic heterocycles. The molecule has 196 valence electrons. The van der Waals surface area contributed by atoms with Crippen LogP contribution >= 0.6 is 0 Å². The summed E-state index contributed by atoms with van der Waals surface area (Å²) in [6, 6.07) is 12.4. The summed E-state index contributed by atoms with van der Waals surface area (Å²) in [6.07, 6.45) is 12.3. The molecule has 0 radical (unpaired) electrons. The summed E-state index contributed by atoms with van der Waals surface area (Å²) in [5, 5.41) is 12.1. The number of anilines is 2. The van der Waals surface area contributed by atoms with Gasteiger partial charge in [0.25, 0.3) is 0 Å². The predicted octanol–water partition coefficient (Wildman–Crippen LogP) is 5.04. The highest BCUT2D eigenvalue weighted by Gasteiger charge is 2.43. The lowest BCUT2D eigenvalue weighted by Gasteiger charge is -2.38. The van der Waals surface area contributed by atoms with Crippen molar-refractivity contribution in [3.05, 3.63) is 85.2 Å². The molecule has 7 rings (SSSR count). The Hall–Kier alpha value is -4.73. The first kappa shape index (κ1) is 23.4. The Kier molecular flexibility index (Phi) is 5.54. The summed E-state index contributed by atoms with van der Waals surface area (Å²) in [5.41, 5.74) is 4.82. The molecule has 10 heteroatoms. The normalized spacial score (nSPS) is 20.4. The molecule has 2 aliphatic rings. The standard InChI is InChI=1S/C29H28N8O2/c1-3-27(38)37-21-5-6-22(37)14-19(13-21)24-9-11-36-28(24)29(31-17-33-36)34-20-4-7-25(18(2)12-20)39-23-8-10-35-26(15-23)30-16-32-35/h3-4,7-12,15-17,19,21-22H,1,5-6,13-14H2,2H3,(H,31,33,34). The Labute approximate surface area is 224 Å². The number of aromatic nitrogens is 6. The van der Waals surface area contributed by atoms with E-state index in [-0.39, 0.29) is 18.0 Å². The van der Waals surface area contributed by atoms with Gasteiger partial charge in [-0.3, -0.25) is 4.79 Å². The zero-order chi connectivity index (χ0) is 26.5. The number of amides is 1. The van der Waals surface area contributed by atoms with E-state index in [0.29, 0.717) is 11.7 Å². The summed E-state index contributed by atoms with van der Waals surface area (Å²) in [4.78, 5) is 23.3. The zero-order valence-corrected chi connectivity index (χ0v) is 21.6. The minimum absolute atomic E-state index is 0.0512. The Morgan fingerprint density at radius 3 is 2.59 bits per heavy atom. The number of carbonyl (C=O) groups excluding carboxylic acids is 1. The molecule has 39 heavy (non-hydrogen) atoms. The van der Waals surface area contributed by atoms with Gasteiger partial charge in [-0.15, -0.1) is 0 Å². The van der Waals surface area contributed by atoms with Crippen LogP contribution in [-0.2, 0) is 4.79 Å². The zero-order valence-electron chi connectivity index (χ0n) is 21.6. The molecule has 10 nitrogen and oxygen atoms in total. The number of hydrogen-bond acceptors (Lipinski definition) is 7. The van der Waals surface area contributed by atoms with E-state index in [1.54, 1.807) is 10.8 Å². The van der Waals surface area contributed by atoms with Gasteiger partial charge in [-0.05, 0) is 86.1 Å². The average Bonchev–Trinajstić information content (AvgIpc) is 3.66. The van der Waals surface area contributed by atoms with Crippen molar-refractivity contribution in [2.45, 2.75) is 50.6 Å². The molecule has 5 aromatic rings. The number of fused-ring (bicyclic) bond motifs is 4. The molecule has 2 fully saturated rings. The average molecular weight is 521 g/mol. The SMILES string of the molecule is C=CC(=O)N1C2CCC1CC(c1ccn3ncnc(Nc4ccc(Oc5ccn6ncnc6c5)c(C)c4)c13)C2. The first-order valence-electron chi connectivity index (χ1n) is 13.2. The van der Waals surface area contributed by atoms with Crippen molar-refractivity contribution in [2.24, 2.45) is 0 Å². The van der Waals surface area contributed by atoms with Crippen molar-refractivity contribution >= 4 is 28.6 Å². The highest BCUT2D eigenvalue weighted by molar-refractivity contribution is 5.88. The van der Waals surface area contributed by atoms with Crippen LogP contribution in [0.15, 0.2) is 74.1 Å². The molecule has 2 aliphatic heterocycles. The molecule has 1 amide bonds. The fraction of sp³-hybridized carbons (Fsp3) is 0.276. The van der Waals surface area contributed by atoms with Crippen molar-refractivity contribution in [1.29, 1.82) is 0 Å². The maximum absolute atomic E-state index is 12.4. The van der Waals surface area contributed by atoms with Crippen LogP contribution in [0, 0.1) is 6.92 Å². The van der Waals surface area contributed by atoms with Gasteiger partial charge >= 0.3 is 0 Å². The van der Waals surface area contributed by atoms with E-state index in [1.165, 1.54) is 18.0 Å². The number of carbonyl (C=O) groups is 1. The Bertz CT molecular complexity index is 1710. The molecule has 1 aromatic carbocycles. The fourth-order valence-electron chi connectivity index (χ4n) is 6.26. The topological polar surface area (TPSA) is 102 Å². The van der Waals surface area contributed by atoms with Gasteiger partial charge in [-0.1, -0.05) is 6.58 Å². The molecule has 2 bridgehead atoms. The molecular formula is C29H28N8O2. The van der Waals surface area contributed by atoms with Crippen LogP contribution in [-0.4, -0.2) is 52.1 Å². The van der Waals surface area contributed by atoms with Crippen molar-refractivity contribution in [2.75, 3.05) is 5.32 Å². The van der Waals surface area contributed by atoms with Gasteiger partial charge in [0, 0.05) is 36.2 Å². The van der Waals surface area contributed by atoms with Crippen molar-refractivity contribution in [3.8, 4) is 11.5 Å². The van der Waals surface area contributed by atoms with E-state index in [0.717, 1.165) is 59.7 Å². The van der Waals surface area contributed by atoms with E-state index in [4.69, 9.17) is 4.74 Å². The Balaban J connectivity index is 1.14. The van der Waals surface area contributed by atoms with E-state index in [9.17, 15) is 4.79 Å². The predicted molar refractivity (Wildman–Crippen MR) is 146 cm³/mol. The quantitative estimate of drug-likeness (QED) is 0.313. The van der Waals surface area contributed by atoms with Crippen molar-refractivity contribution in [3.63, 3.8) is 0 Å². The van der Waals surface area contributed by atoms with E-state index >= 15 is 0 Å². The molecule has 6 heterocycles. The Morgan fingerprint density at radius 2 is 1.79 bits per heavy atom. The van der Waals surface area contributed by atoms with Gasteiger partial charge in [-0.25, -0.2) is 19.0 Å². The summed E-state index contributed by atoms with van der Waals surface area (Å²) in [6.45, 7) is 5.72. The van der Waals surface area contributed by atoms with Crippen LogP contribution in [0.5, 0.6) is 11.5 Å². The maximum atomic E-state index is 12.4. The first-order valence-corrected chi connectivity index (χ1v) is 13.2. The van der Waals surface area contributed by atoms with Crippen molar-refractivity contribution < 1.29 is 9.53 Å². The van der Waals surface area contributed by atoms with Gasteiger partial charge in [-0.2, -0.15) is 10.2 Å². The van der Waals surface area contributed by atoms with Crippen LogP contribution < -0.4 is 10.1 Å². The molecule has 0 spiro atoms. The van der Waals surface area contributed by atoms with Crippen LogP contribution in [0.25, 0.3) is 11.2 Å². The number of piperidine rings is 1. The lowest BCUT2D eigenvalue weighted by Crippen LogP contribution is -2.45. The highest BCUT2D eigenvalue weighted by atomic mass is 16.5. The summed E-state index contributed by atoms with van der Waals surface area (Å²) in [5.74, 6) is 2.61. The van der Waals surface area contributed by atoms with Gasteiger partial charge in [0.05, 0.1) is 0 Å². The number of pyridine rings is 1. The van der Waals surface area contributed by atoms with Gasteiger partial charge in [0.1, 0.15) is 29.7 Å². The number of nitrogens with one attached hydrogen (secondary N) is 1. The third-order valence-electron chi connectivity index (χ3n) is 8.00. The fourth-order valence-corrected chi connectivity index (χ4v) is 6.26. The second-order valence-electron chi connectivity index (χ2n) is 10.3. The maximum Gasteiger partial charge on any atom is 0.246 e. The van der Waals surface area contributed by atoms with E-state index < -0.39 is 0 Å². The van der Waals surface area contributed by atoms with Crippen LogP contribution in [0.2, 0.25) is 0 Å². The van der Waals surface area contributed by atoms with Gasteiger partial charge in [0.15, 0.2) is 11.5 Å². The van der Waals surface area contributed by atoms with Crippen LogP contribution in [0.3, 0.4) is 0 Å². The molecular weight excluding hydrogens is 492 g/mol. The Morgan fingerprint density at radius 1 is 1.03 bits per heavy atom. The molecule has 2 unspecified atom stereocenters. The summed E-state index contributed by atoms with van der Waals surface area (Å²) >= 11 is 0. The molecule has 2 atom stereocenters. The molecule has 1 N–H and O–H groups in total. The monoisotopic (exact) mass is 520 g/mol. The van der Waals surface area contributed by atoms with Gasteiger partial charge < -0.3 is 15.0 Å². The minimum Gasteiger partial charge on any atom is -0.457 e. The molecule has 0 aliphatic carbocycles. The second kappa shape index (κ2) is 9.23. The smallest absolute Gasteiger partial charge is 0.246 e. The van der Waals surface area contributed by atoms with Crippen LogP contribution in [0.4, 0.5) is 11.5 Å². The van der Waals surface area contributed by atoms with Crippen LogP contribution in [0.1, 0.15) is 42.7 Å². The largest absolute Gasteiger partial charge is 0.457 e. The summed E-state index contributed by atoms with van der Waals surface area (Å²) in [7, 11) is 0. The number of ether oxygens (including phenoxy) is 1. The highest BCUT2D eigenvalue weighted by Crippen LogP contribution is 2.45. The number of rotatable bonds is 6. The minimum atomic E-state index is 0.0512. The van der Waals surface area contributed by atoms with Gasteiger partial charge in [0.2, 0.25) is 5.91 Å². The second-order valence-corrected chi connectivity index (χ2v) is 10.3. The lowest BCUT2D eigenvalue weighted by atomic mass is 9.85. The lowest BCUT2D eigenvalue weighted by molar-refractivity contribution is -0.130. The number of hydrogen-bond donors (Lipinski definition) is 1. The van der Waals surface area contributed by atoms with Crippen molar-refractivity contribution in [1.82, 2.24) is 34.1 Å². The van der Waals surface area contributed by atoms with E-state index in [2.05, 4.69) is 38.1 Å². The van der Waals surface area contributed by atoms with E-state index in [1.807, 2.05) is 59.1 Å². The number of nitrogens with zero attached hydrogens (tertiary/aromatic N) is 7. The third kappa shape index (κ3) is 4.08.